The number of hydrogen-bond donors (Lipinski definition) is 0. The second kappa shape index (κ2) is 6.51. The van der Waals surface area contributed by atoms with Crippen LogP contribution in [0.25, 0.3) is 11.1 Å². The fourth-order valence-corrected chi connectivity index (χ4v) is 2.12. The van der Waals surface area contributed by atoms with Crippen molar-refractivity contribution in [2.24, 2.45) is 0 Å². The lowest BCUT2D eigenvalue weighted by Crippen LogP contribution is -2.28. The molecule has 1 aromatic heterocycles. The van der Waals surface area contributed by atoms with E-state index in [0.717, 1.165) is 4.68 Å². The Morgan fingerprint density at radius 2 is 2.09 bits per heavy atom. The fraction of sp³-hybridized carbons (Fsp3) is 0.312. The van der Waals surface area contributed by atoms with Gasteiger partial charge in [0.2, 0.25) is 0 Å². The summed E-state index contributed by atoms with van der Waals surface area (Å²) < 4.78 is 19.0. The van der Waals surface area contributed by atoms with Crippen molar-refractivity contribution < 1.29 is 13.9 Å². The van der Waals surface area contributed by atoms with E-state index in [9.17, 15) is 14.0 Å². The number of carbonyl (C=O) groups is 1. The van der Waals surface area contributed by atoms with E-state index >= 15 is 0 Å². The number of hydrogen-bond acceptors (Lipinski definition) is 4. The summed E-state index contributed by atoms with van der Waals surface area (Å²) in [5.41, 5.74) is 1.34. The summed E-state index contributed by atoms with van der Waals surface area (Å²) >= 11 is 0. The number of nitrogens with zero attached hydrogens (tertiary/aromatic N) is 2. The smallest absolute Gasteiger partial charge is 0.327 e. The maximum absolute atomic E-state index is 13.4. The number of esters is 1. The zero-order valence-corrected chi connectivity index (χ0v) is 12.7. The molecule has 0 unspecified atom stereocenters. The van der Waals surface area contributed by atoms with Gasteiger partial charge < -0.3 is 4.74 Å². The molecule has 2 aromatic rings. The Labute approximate surface area is 127 Å². The van der Waals surface area contributed by atoms with E-state index in [2.05, 4.69) is 9.84 Å². The topological polar surface area (TPSA) is 61.2 Å². The summed E-state index contributed by atoms with van der Waals surface area (Å²) in [4.78, 5) is 23.5. The predicted molar refractivity (Wildman–Crippen MR) is 80.0 cm³/mol. The van der Waals surface area contributed by atoms with Gasteiger partial charge in [-0.3, -0.25) is 9.59 Å². The first-order valence-electron chi connectivity index (χ1n) is 6.87. The number of rotatable bonds is 4. The number of benzene rings is 1. The first-order valence-corrected chi connectivity index (χ1v) is 6.87. The van der Waals surface area contributed by atoms with E-state index in [-0.39, 0.29) is 18.3 Å². The molecule has 0 aliphatic rings. The maximum atomic E-state index is 13.4. The second-order valence-electron chi connectivity index (χ2n) is 5.18. The van der Waals surface area contributed by atoms with E-state index in [0.29, 0.717) is 16.8 Å². The van der Waals surface area contributed by atoms with E-state index in [1.807, 2.05) is 13.8 Å². The van der Waals surface area contributed by atoms with Crippen LogP contribution in [0, 0.1) is 5.82 Å². The highest BCUT2D eigenvalue weighted by molar-refractivity contribution is 5.69. The molecule has 0 atom stereocenters. The van der Waals surface area contributed by atoms with Crippen molar-refractivity contribution in [2.45, 2.75) is 26.3 Å². The summed E-state index contributed by atoms with van der Waals surface area (Å²) in [5, 5.41) is 4.25. The average molecular weight is 304 g/mol. The highest BCUT2D eigenvalue weighted by Gasteiger charge is 2.15. The third-order valence-electron chi connectivity index (χ3n) is 3.22. The molecule has 0 radical (unpaired) electrons. The highest BCUT2D eigenvalue weighted by Crippen LogP contribution is 2.26. The molecular weight excluding hydrogens is 287 g/mol. The number of ether oxygens (including phenoxy) is 1. The molecule has 1 heterocycles. The van der Waals surface area contributed by atoms with Gasteiger partial charge in [-0.05, 0) is 23.6 Å². The molecule has 0 fully saturated rings. The Balaban J connectivity index is 2.58. The lowest BCUT2D eigenvalue weighted by Gasteiger charge is -2.14. The van der Waals surface area contributed by atoms with E-state index < -0.39 is 11.5 Å². The van der Waals surface area contributed by atoms with Crippen LogP contribution in [0.1, 0.15) is 25.5 Å². The Kier molecular flexibility index (Phi) is 4.70. The van der Waals surface area contributed by atoms with Crippen molar-refractivity contribution in [1.82, 2.24) is 9.78 Å². The van der Waals surface area contributed by atoms with E-state index in [1.165, 1.54) is 25.3 Å². The third-order valence-corrected chi connectivity index (χ3v) is 3.22. The molecule has 0 saturated carbocycles. The quantitative estimate of drug-likeness (QED) is 0.813. The van der Waals surface area contributed by atoms with Crippen LogP contribution in [0.4, 0.5) is 4.39 Å². The standard InChI is InChI=1S/C16H17FN2O3/c1-10(2)16-13(11-5-4-6-12(17)7-11)8-14(20)19(18-16)9-15(21)22-3/h4-8,10H,9H2,1-3H3. The molecule has 1 aromatic carbocycles. The number of carbonyl (C=O) groups excluding carboxylic acids is 1. The molecule has 0 aliphatic carbocycles. The van der Waals surface area contributed by atoms with Gasteiger partial charge in [0.15, 0.2) is 0 Å². The summed E-state index contributed by atoms with van der Waals surface area (Å²) in [6, 6.07) is 7.36. The van der Waals surface area contributed by atoms with Crippen LogP contribution in [-0.2, 0) is 16.1 Å². The Bertz CT molecular complexity index is 753. The summed E-state index contributed by atoms with van der Waals surface area (Å²) in [6.07, 6.45) is 0. The zero-order chi connectivity index (χ0) is 16.3. The van der Waals surface area contributed by atoms with Crippen molar-refractivity contribution >= 4 is 5.97 Å². The normalized spacial score (nSPS) is 10.8. The van der Waals surface area contributed by atoms with Crippen LogP contribution in [0.15, 0.2) is 35.1 Å². The van der Waals surface area contributed by atoms with Gasteiger partial charge in [-0.1, -0.05) is 26.0 Å². The van der Waals surface area contributed by atoms with Crippen molar-refractivity contribution in [1.29, 1.82) is 0 Å². The summed E-state index contributed by atoms with van der Waals surface area (Å²) in [5.74, 6) is -0.934. The number of methoxy groups -OCH3 is 1. The van der Waals surface area contributed by atoms with Crippen LogP contribution < -0.4 is 5.56 Å². The van der Waals surface area contributed by atoms with E-state index in [1.54, 1.807) is 12.1 Å². The van der Waals surface area contributed by atoms with Crippen molar-refractivity contribution in [3.05, 3.63) is 52.2 Å². The minimum Gasteiger partial charge on any atom is -0.468 e. The van der Waals surface area contributed by atoms with Crippen molar-refractivity contribution in [3.8, 4) is 11.1 Å². The van der Waals surface area contributed by atoms with Crippen molar-refractivity contribution in [2.75, 3.05) is 7.11 Å². The molecular formula is C16H17FN2O3. The molecule has 0 spiro atoms. The SMILES string of the molecule is COC(=O)Cn1nc(C(C)C)c(-c2cccc(F)c2)cc1=O. The second-order valence-corrected chi connectivity index (χ2v) is 5.18. The van der Waals surface area contributed by atoms with Gasteiger partial charge in [0.1, 0.15) is 12.4 Å². The minimum absolute atomic E-state index is 0.00256. The molecule has 116 valence electrons. The lowest BCUT2D eigenvalue weighted by molar-refractivity contribution is -0.141. The third kappa shape index (κ3) is 3.39. The Morgan fingerprint density at radius 3 is 2.68 bits per heavy atom. The fourth-order valence-electron chi connectivity index (χ4n) is 2.12. The molecule has 0 saturated heterocycles. The van der Waals surface area contributed by atoms with Crippen LogP contribution in [-0.4, -0.2) is 22.9 Å². The van der Waals surface area contributed by atoms with Crippen LogP contribution in [0.5, 0.6) is 0 Å². The van der Waals surface area contributed by atoms with Crippen molar-refractivity contribution in [3.63, 3.8) is 0 Å². The van der Waals surface area contributed by atoms with Gasteiger partial charge >= 0.3 is 5.97 Å². The monoisotopic (exact) mass is 304 g/mol. The molecule has 0 N–H and O–H groups in total. The molecule has 22 heavy (non-hydrogen) atoms. The molecule has 0 bridgehead atoms. The lowest BCUT2D eigenvalue weighted by atomic mass is 9.98. The van der Waals surface area contributed by atoms with Crippen LogP contribution in [0.2, 0.25) is 0 Å². The van der Waals surface area contributed by atoms with Gasteiger partial charge in [-0.25, -0.2) is 9.07 Å². The van der Waals surface area contributed by atoms with Gasteiger partial charge in [0.05, 0.1) is 12.8 Å². The van der Waals surface area contributed by atoms with E-state index in [4.69, 9.17) is 0 Å². The molecule has 2 rings (SSSR count). The minimum atomic E-state index is -0.553. The maximum Gasteiger partial charge on any atom is 0.327 e. The largest absolute Gasteiger partial charge is 0.468 e. The average Bonchev–Trinajstić information content (AvgIpc) is 2.48. The first kappa shape index (κ1) is 15.9. The molecule has 0 amide bonds. The van der Waals surface area contributed by atoms with Gasteiger partial charge in [0.25, 0.3) is 5.56 Å². The summed E-state index contributed by atoms with van der Waals surface area (Å²) in [7, 11) is 1.25. The first-order chi connectivity index (χ1) is 10.4. The highest BCUT2D eigenvalue weighted by atomic mass is 19.1. The predicted octanol–water partition coefficient (Wildman–Crippen LogP) is 2.35. The Morgan fingerprint density at radius 1 is 1.36 bits per heavy atom. The number of aromatic nitrogens is 2. The summed E-state index contributed by atoms with van der Waals surface area (Å²) in [6.45, 7) is 3.58. The zero-order valence-electron chi connectivity index (χ0n) is 12.7. The molecule has 0 aliphatic heterocycles. The van der Waals surface area contributed by atoms with Crippen LogP contribution in [0.3, 0.4) is 0 Å². The number of halogens is 1. The van der Waals surface area contributed by atoms with Gasteiger partial charge in [0, 0.05) is 11.6 Å². The van der Waals surface area contributed by atoms with Gasteiger partial charge in [-0.2, -0.15) is 5.10 Å². The Hall–Kier alpha value is -2.50. The molecule has 5 nitrogen and oxygen atoms in total. The van der Waals surface area contributed by atoms with Crippen LogP contribution >= 0.6 is 0 Å². The van der Waals surface area contributed by atoms with Gasteiger partial charge in [-0.15, -0.1) is 0 Å². The molecule has 6 heteroatoms.